The molecule has 0 aromatic heterocycles. The fourth-order valence-corrected chi connectivity index (χ4v) is 2.64. The summed E-state index contributed by atoms with van der Waals surface area (Å²) in [5.41, 5.74) is 0. The highest BCUT2D eigenvalue weighted by Crippen LogP contribution is 2.16. The van der Waals surface area contributed by atoms with Gasteiger partial charge in [-0.3, -0.25) is 0 Å². The zero-order valence-corrected chi connectivity index (χ0v) is 11.5. The minimum Gasteiger partial charge on any atom is -0.378 e. The third-order valence-electron chi connectivity index (χ3n) is 3.48. The lowest BCUT2D eigenvalue weighted by atomic mass is 10.0. The highest BCUT2D eigenvalue weighted by atomic mass is 35.5. The molecule has 0 saturated carbocycles. The third-order valence-corrected chi connectivity index (χ3v) is 3.70. The molecule has 16 heavy (non-hydrogen) atoms. The van der Waals surface area contributed by atoms with Crippen LogP contribution >= 0.6 is 11.6 Å². The molecule has 1 rings (SSSR count). The van der Waals surface area contributed by atoms with Gasteiger partial charge >= 0.3 is 0 Å². The van der Waals surface area contributed by atoms with Crippen molar-refractivity contribution >= 4 is 11.6 Å². The van der Waals surface area contributed by atoms with Crippen LogP contribution in [0.25, 0.3) is 0 Å². The number of alkyl halides is 1. The van der Waals surface area contributed by atoms with E-state index in [0.29, 0.717) is 6.10 Å². The quantitative estimate of drug-likeness (QED) is 0.641. The van der Waals surface area contributed by atoms with Crippen molar-refractivity contribution < 1.29 is 4.74 Å². The fourth-order valence-electron chi connectivity index (χ4n) is 2.27. The second-order valence-electron chi connectivity index (χ2n) is 4.87. The van der Waals surface area contributed by atoms with E-state index in [-0.39, 0.29) is 0 Å². The number of nitrogens with zero attached hydrogens (tertiary/aromatic N) is 1. The second kappa shape index (κ2) is 8.32. The minimum atomic E-state index is 0.515. The number of hydrogen-bond donors (Lipinski definition) is 0. The normalized spacial score (nSPS) is 21.2. The molecule has 96 valence electrons. The Kier molecular flexibility index (Phi) is 7.42. The van der Waals surface area contributed by atoms with Crippen LogP contribution in [-0.2, 0) is 4.74 Å². The molecular formula is C13H26ClNO. The van der Waals surface area contributed by atoms with Crippen LogP contribution in [-0.4, -0.2) is 43.1 Å². The molecular weight excluding hydrogens is 222 g/mol. The summed E-state index contributed by atoms with van der Waals surface area (Å²) in [6.45, 7) is 8.89. The minimum absolute atomic E-state index is 0.515. The van der Waals surface area contributed by atoms with Gasteiger partial charge in [0, 0.05) is 25.6 Å². The summed E-state index contributed by atoms with van der Waals surface area (Å²) in [5, 5.41) is 0. The molecule has 1 saturated heterocycles. The monoisotopic (exact) mass is 247 g/mol. The second-order valence-corrected chi connectivity index (χ2v) is 5.25. The Bertz CT molecular complexity index is 169. The first-order valence-electron chi connectivity index (χ1n) is 6.66. The zero-order chi connectivity index (χ0) is 11.8. The Labute approximate surface area is 105 Å². The summed E-state index contributed by atoms with van der Waals surface area (Å²) in [6, 6.07) is 0. The Morgan fingerprint density at radius 2 is 2.00 bits per heavy atom. The van der Waals surface area contributed by atoms with Gasteiger partial charge in [0.25, 0.3) is 0 Å². The number of ether oxygens (including phenoxy) is 1. The Hall–Kier alpha value is 0.210. The van der Waals surface area contributed by atoms with E-state index >= 15 is 0 Å². The molecule has 0 aliphatic carbocycles. The summed E-state index contributed by atoms with van der Waals surface area (Å²) in [6.07, 6.45) is 5.36. The van der Waals surface area contributed by atoms with Gasteiger partial charge < -0.3 is 9.64 Å². The van der Waals surface area contributed by atoms with Crippen molar-refractivity contribution in [2.45, 2.75) is 45.6 Å². The van der Waals surface area contributed by atoms with Crippen molar-refractivity contribution in [1.82, 2.24) is 4.90 Å². The topological polar surface area (TPSA) is 12.5 Å². The van der Waals surface area contributed by atoms with Gasteiger partial charge in [-0.2, -0.15) is 0 Å². The fraction of sp³-hybridized carbons (Fsp3) is 1.00. The summed E-state index contributed by atoms with van der Waals surface area (Å²) < 4.78 is 5.65. The maximum atomic E-state index is 5.74. The largest absolute Gasteiger partial charge is 0.378 e. The molecule has 1 aliphatic rings. The maximum absolute atomic E-state index is 5.74. The summed E-state index contributed by atoms with van der Waals surface area (Å²) >= 11 is 5.74. The van der Waals surface area contributed by atoms with Gasteiger partial charge in [-0.15, -0.1) is 11.6 Å². The highest BCUT2D eigenvalue weighted by Gasteiger charge is 2.19. The van der Waals surface area contributed by atoms with Gasteiger partial charge in [-0.25, -0.2) is 0 Å². The van der Waals surface area contributed by atoms with Crippen LogP contribution in [0.15, 0.2) is 0 Å². The first-order chi connectivity index (χ1) is 7.76. The van der Waals surface area contributed by atoms with Crippen molar-refractivity contribution in [2.75, 3.05) is 32.1 Å². The van der Waals surface area contributed by atoms with E-state index in [1.165, 1.54) is 38.9 Å². The molecule has 0 N–H and O–H groups in total. The lowest BCUT2D eigenvalue weighted by Crippen LogP contribution is -2.38. The van der Waals surface area contributed by atoms with E-state index in [4.69, 9.17) is 16.3 Å². The van der Waals surface area contributed by atoms with Gasteiger partial charge in [0.2, 0.25) is 0 Å². The predicted molar refractivity (Wildman–Crippen MR) is 70.2 cm³/mol. The Morgan fingerprint density at radius 1 is 1.31 bits per heavy atom. The molecule has 0 aromatic rings. The van der Waals surface area contributed by atoms with Crippen molar-refractivity contribution in [3.05, 3.63) is 0 Å². The molecule has 1 aliphatic heterocycles. The van der Waals surface area contributed by atoms with Crippen LogP contribution in [0.1, 0.15) is 39.5 Å². The molecule has 1 atom stereocenters. The molecule has 3 heteroatoms. The van der Waals surface area contributed by atoms with Crippen molar-refractivity contribution in [2.24, 2.45) is 5.92 Å². The zero-order valence-electron chi connectivity index (χ0n) is 10.8. The molecule has 1 fully saturated rings. The number of likely N-dealkylation sites (tertiary alicyclic amines) is 1. The molecule has 1 heterocycles. The third kappa shape index (κ3) is 5.51. The number of halogens is 1. The van der Waals surface area contributed by atoms with E-state index in [1.54, 1.807) is 0 Å². The van der Waals surface area contributed by atoms with E-state index in [2.05, 4.69) is 18.7 Å². The molecule has 0 radical (unpaired) electrons. The first-order valence-corrected chi connectivity index (χ1v) is 7.19. The average Bonchev–Trinajstić information content (AvgIpc) is 2.29. The number of piperidine rings is 1. The van der Waals surface area contributed by atoms with Crippen LogP contribution < -0.4 is 0 Å². The molecule has 0 amide bonds. The van der Waals surface area contributed by atoms with Gasteiger partial charge in [0.05, 0.1) is 6.10 Å². The van der Waals surface area contributed by atoms with Gasteiger partial charge in [0.15, 0.2) is 0 Å². The molecule has 0 aromatic carbocycles. The van der Waals surface area contributed by atoms with E-state index in [1.807, 2.05) is 0 Å². The smallest absolute Gasteiger partial charge is 0.0599 e. The van der Waals surface area contributed by atoms with Crippen LogP contribution in [0, 0.1) is 5.92 Å². The molecule has 1 unspecified atom stereocenters. The summed E-state index contributed by atoms with van der Waals surface area (Å²) in [5.74, 6) is 1.57. The van der Waals surface area contributed by atoms with Crippen LogP contribution in [0.5, 0.6) is 0 Å². The van der Waals surface area contributed by atoms with Gasteiger partial charge in [0.1, 0.15) is 0 Å². The Balaban J connectivity index is 2.07. The predicted octanol–water partition coefficient (Wildman–Crippen LogP) is 3.14. The number of rotatable bonds is 7. The van der Waals surface area contributed by atoms with Gasteiger partial charge in [-0.1, -0.05) is 6.92 Å². The SMILES string of the molecule is CCOC1CCN(CCC(C)CCCl)CC1. The first kappa shape index (κ1) is 14.3. The Morgan fingerprint density at radius 3 is 2.56 bits per heavy atom. The summed E-state index contributed by atoms with van der Waals surface area (Å²) in [7, 11) is 0. The van der Waals surface area contributed by atoms with Crippen molar-refractivity contribution in [3.8, 4) is 0 Å². The van der Waals surface area contributed by atoms with Crippen LogP contribution in [0.3, 0.4) is 0 Å². The van der Waals surface area contributed by atoms with Crippen molar-refractivity contribution in [1.29, 1.82) is 0 Å². The molecule has 2 nitrogen and oxygen atoms in total. The lowest BCUT2D eigenvalue weighted by molar-refractivity contribution is 0.0134. The van der Waals surface area contributed by atoms with E-state index < -0.39 is 0 Å². The van der Waals surface area contributed by atoms with Crippen LogP contribution in [0.4, 0.5) is 0 Å². The molecule has 0 spiro atoms. The summed E-state index contributed by atoms with van der Waals surface area (Å²) in [4.78, 5) is 2.57. The molecule has 0 bridgehead atoms. The van der Waals surface area contributed by atoms with Gasteiger partial charge in [-0.05, 0) is 45.1 Å². The lowest BCUT2D eigenvalue weighted by Gasteiger charge is -2.32. The highest BCUT2D eigenvalue weighted by molar-refractivity contribution is 6.17. The standard InChI is InChI=1S/C13H26ClNO/c1-3-16-13-6-10-15(11-7-13)9-5-12(2)4-8-14/h12-13H,3-11H2,1-2H3. The van der Waals surface area contributed by atoms with Crippen molar-refractivity contribution in [3.63, 3.8) is 0 Å². The maximum Gasteiger partial charge on any atom is 0.0599 e. The van der Waals surface area contributed by atoms with E-state index in [9.17, 15) is 0 Å². The average molecular weight is 248 g/mol. The van der Waals surface area contributed by atoms with Crippen LogP contribution in [0.2, 0.25) is 0 Å². The van der Waals surface area contributed by atoms with E-state index in [0.717, 1.165) is 24.8 Å². The number of hydrogen-bond acceptors (Lipinski definition) is 2.